The van der Waals surface area contributed by atoms with Crippen LogP contribution in [0.1, 0.15) is 26.2 Å². The molecule has 0 aliphatic heterocycles. The third kappa shape index (κ3) is 8.21. The van der Waals surface area contributed by atoms with Crippen LogP contribution >= 0.6 is 0 Å². The van der Waals surface area contributed by atoms with Crippen molar-refractivity contribution >= 4 is 17.8 Å². The summed E-state index contributed by atoms with van der Waals surface area (Å²) in [5.74, 6) is -2.76. The number of carboxylic acids is 2. The van der Waals surface area contributed by atoms with E-state index in [0.717, 1.165) is 6.42 Å². The van der Waals surface area contributed by atoms with E-state index in [4.69, 9.17) is 10.2 Å². The van der Waals surface area contributed by atoms with Crippen molar-refractivity contribution in [1.29, 1.82) is 0 Å². The van der Waals surface area contributed by atoms with Crippen LogP contribution in [0.4, 0.5) is 0 Å². The summed E-state index contributed by atoms with van der Waals surface area (Å²) in [6.07, 6.45) is 0.457. The molecule has 1 unspecified atom stereocenters. The highest BCUT2D eigenvalue weighted by molar-refractivity contribution is 5.85. The monoisotopic (exact) mass is 246 g/mol. The zero-order chi connectivity index (χ0) is 13.3. The zero-order valence-electron chi connectivity index (χ0n) is 9.73. The molecule has 0 aromatic heterocycles. The second kappa shape index (κ2) is 8.51. The summed E-state index contributed by atoms with van der Waals surface area (Å²) in [5.41, 5.74) is 0. The summed E-state index contributed by atoms with van der Waals surface area (Å²) >= 11 is 0. The molecule has 0 heterocycles. The summed E-state index contributed by atoms with van der Waals surface area (Å²) in [6, 6.07) is -1.15. The van der Waals surface area contributed by atoms with E-state index in [1.165, 1.54) is 0 Å². The first kappa shape index (κ1) is 15.4. The summed E-state index contributed by atoms with van der Waals surface area (Å²) in [4.78, 5) is 32.3. The maximum atomic E-state index is 11.3. The quantitative estimate of drug-likeness (QED) is 0.404. The minimum atomic E-state index is -1.23. The molecule has 0 radical (unpaired) electrons. The van der Waals surface area contributed by atoms with Gasteiger partial charge in [-0.2, -0.15) is 0 Å². The van der Waals surface area contributed by atoms with Crippen LogP contribution in [-0.4, -0.2) is 47.2 Å². The van der Waals surface area contributed by atoms with Gasteiger partial charge in [-0.25, -0.2) is 4.79 Å². The lowest BCUT2D eigenvalue weighted by Crippen LogP contribution is -2.44. The van der Waals surface area contributed by atoms with E-state index in [9.17, 15) is 14.4 Å². The average molecular weight is 246 g/mol. The first-order chi connectivity index (χ1) is 7.97. The second-order valence-corrected chi connectivity index (χ2v) is 3.57. The lowest BCUT2D eigenvalue weighted by molar-refractivity contribution is -0.142. The summed E-state index contributed by atoms with van der Waals surface area (Å²) in [6.45, 7) is 2.64. The van der Waals surface area contributed by atoms with Gasteiger partial charge in [0.1, 0.15) is 6.04 Å². The Labute approximate surface area is 99.2 Å². The lowest BCUT2D eigenvalue weighted by atomic mass is 10.1. The minimum absolute atomic E-state index is 0.0324. The molecule has 4 N–H and O–H groups in total. The molecule has 0 saturated carbocycles. The van der Waals surface area contributed by atoms with E-state index >= 15 is 0 Å². The summed E-state index contributed by atoms with van der Waals surface area (Å²) < 4.78 is 0. The van der Waals surface area contributed by atoms with Crippen LogP contribution in [0.3, 0.4) is 0 Å². The van der Waals surface area contributed by atoms with Crippen LogP contribution in [0.5, 0.6) is 0 Å². The highest BCUT2D eigenvalue weighted by atomic mass is 16.4. The molecule has 17 heavy (non-hydrogen) atoms. The molecule has 1 atom stereocenters. The van der Waals surface area contributed by atoms with Crippen molar-refractivity contribution in [3.8, 4) is 0 Å². The van der Waals surface area contributed by atoms with E-state index in [0.29, 0.717) is 6.54 Å². The minimum Gasteiger partial charge on any atom is -0.481 e. The Balaban J connectivity index is 4.02. The van der Waals surface area contributed by atoms with Crippen molar-refractivity contribution in [2.75, 3.05) is 13.1 Å². The number of amides is 1. The van der Waals surface area contributed by atoms with Crippen LogP contribution in [-0.2, 0) is 14.4 Å². The molecule has 0 rings (SSSR count). The van der Waals surface area contributed by atoms with Gasteiger partial charge >= 0.3 is 11.9 Å². The van der Waals surface area contributed by atoms with Crippen molar-refractivity contribution in [2.45, 2.75) is 32.2 Å². The first-order valence-electron chi connectivity index (χ1n) is 5.42. The average Bonchev–Trinajstić information content (AvgIpc) is 2.23. The molecule has 0 spiro atoms. The summed E-state index contributed by atoms with van der Waals surface area (Å²) in [7, 11) is 0. The molecular formula is C10H18N2O5. The number of carbonyl (C=O) groups excluding carboxylic acids is 1. The molecule has 7 heteroatoms. The van der Waals surface area contributed by atoms with Crippen molar-refractivity contribution < 1.29 is 24.6 Å². The van der Waals surface area contributed by atoms with Crippen molar-refractivity contribution in [3.63, 3.8) is 0 Å². The Morgan fingerprint density at radius 2 is 1.88 bits per heavy atom. The third-order valence-electron chi connectivity index (χ3n) is 1.99. The molecule has 0 aromatic rings. The Morgan fingerprint density at radius 3 is 2.35 bits per heavy atom. The van der Waals surface area contributed by atoms with E-state index < -0.39 is 23.9 Å². The van der Waals surface area contributed by atoms with Gasteiger partial charge in [0, 0.05) is 6.42 Å². The number of hydrogen-bond acceptors (Lipinski definition) is 4. The van der Waals surface area contributed by atoms with Gasteiger partial charge in [0.2, 0.25) is 5.91 Å². The highest BCUT2D eigenvalue weighted by Gasteiger charge is 2.20. The van der Waals surface area contributed by atoms with Crippen molar-refractivity contribution in [1.82, 2.24) is 10.6 Å². The predicted molar refractivity (Wildman–Crippen MR) is 59.6 cm³/mol. The molecule has 0 aliphatic rings. The maximum Gasteiger partial charge on any atom is 0.326 e. The highest BCUT2D eigenvalue weighted by Crippen LogP contribution is 1.97. The smallest absolute Gasteiger partial charge is 0.326 e. The SMILES string of the molecule is CCCNCC(=O)NC(CCC(=O)O)C(=O)O. The molecular weight excluding hydrogens is 228 g/mol. The fourth-order valence-corrected chi connectivity index (χ4v) is 1.15. The molecule has 0 saturated heterocycles. The van der Waals surface area contributed by atoms with Crippen LogP contribution in [0.15, 0.2) is 0 Å². The molecule has 0 bridgehead atoms. The molecule has 0 aliphatic carbocycles. The predicted octanol–water partition coefficient (Wildman–Crippen LogP) is -0.580. The molecule has 98 valence electrons. The van der Waals surface area contributed by atoms with Gasteiger partial charge in [-0.1, -0.05) is 6.92 Å². The topological polar surface area (TPSA) is 116 Å². The zero-order valence-corrected chi connectivity index (χ0v) is 9.73. The largest absolute Gasteiger partial charge is 0.481 e. The standard InChI is InChI=1S/C10H18N2O5/c1-2-5-11-6-8(13)12-7(10(16)17)3-4-9(14)15/h7,11H,2-6H2,1H3,(H,12,13)(H,14,15)(H,16,17). The van der Waals surface area contributed by atoms with Crippen LogP contribution in [0.2, 0.25) is 0 Å². The number of nitrogens with one attached hydrogen (secondary N) is 2. The number of carboxylic acid groups (broad SMARTS) is 2. The van der Waals surface area contributed by atoms with Crippen LogP contribution in [0.25, 0.3) is 0 Å². The fraction of sp³-hybridized carbons (Fsp3) is 0.700. The Kier molecular flexibility index (Phi) is 7.70. The van der Waals surface area contributed by atoms with Gasteiger partial charge in [0.25, 0.3) is 0 Å². The van der Waals surface area contributed by atoms with Crippen molar-refractivity contribution in [3.05, 3.63) is 0 Å². The van der Waals surface area contributed by atoms with E-state index in [1.807, 2.05) is 6.92 Å². The molecule has 1 amide bonds. The van der Waals surface area contributed by atoms with E-state index in [-0.39, 0.29) is 19.4 Å². The molecule has 0 fully saturated rings. The Hall–Kier alpha value is -1.63. The van der Waals surface area contributed by atoms with Gasteiger partial charge in [0.05, 0.1) is 6.54 Å². The van der Waals surface area contributed by atoms with E-state index in [1.54, 1.807) is 0 Å². The lowest BCUT2D eigenvalue weighted by Gasteiger charge is -2.13. The first-order valence-corrected chi connectivity index (χ1v) is 5.42. The molecule has 7 nitrogen and oxygen atoms in total. The van der Waals surface area contributed by atoms with Gasteiger partial charge in [-0.05, 0) is 19.4 Å². The number of aliphatic carboxylic acids is 2. The van der Waals surface area contributed by atoms with E-state index in [2.05, 4.69) is 10.6 Å². The fourth-order valence-electron chi connectivity index (χ4n) is 1.15. The second-order valence-electron chi connectivity index (χ2n) is 3.57. The van der Waals surface area contributed by atoms with Gasteiger partial charge < -0.3 is 20.8 Å². The van der Waals surface area contributed by atoms with Gasteiger partial charge in [-0.3, -0.25) is 9.59 Å². The van der Waals surface area contributed by atoms with Gasteiger partial charge in [-0.15, -0.1) is 0 Å². The number of rotatable bonds is 9. The Bertz CT molecular complexity index is 280. The maximum absolute atomic E-state index is 11.3. The van der Waals surface area contributed by atoms with Gasteiger partial charge in [0.15, 0.2) is 0 Å². The number of hydrogen-bond donors (Lipinski definition) is 4. The third-order valence-corrected chi connectivity index (χ3v) is 1.99. The summed E-state index contributed by atoms with van der Waals surface area (Å²) in [5, 5.41) is 22.3. The Morgan fingerprint density at radius 1 is 1.24 bits per heavy atom. The molecule has 0 aromatic carbocycles. The van der Waals surface area contributed by atoms with Crippen LogP contribution in [0, 0.1) is 0 Å². The number of carbonyl (C=O) groups is 3. The normalized spacial score (nSPS) is 11.8. The van der Waals surface area contributed by atoms with Crippen molar-refractivity contribution in [2.24, 2.45) is 0 Å². The van der Waals surface area contributed by atoms with Crippen LogP contribution < -0.4 is 10.6 Å².